The topological polar surface area (TPSA) is 41.9 Å². The van der Waals surface area contributed by atoms with Crippen LogP contribution < -0.4 is 4.90 Å². The largest absolute Gasteiger partial charge is 0.310 e. The van der Waals surface area contributed by atoms with E-state index >= 15 is 0 Å². The van der Waals surface area contributed by atoms with Crippen LogP contribution in [0, 0.1) is 0 Å². The van der Waals surface area contributed by atoms with Crippen molar-refractivity contribution in [3.63, 3.8) is 0 Å². The van der Waals surface area contributed by atoms with Crippen LogP contribution in [0.25, 0.3) is 11.3 Å². The van der Waals surface area contributed by atoms with Crippen LogP contribution in [0.2, 0.25) is 0 Å². The second kappa shape index (κ2) is 6.93. The standard InChI is InChI=1S/C21H16N4/c1-3-9-17(10-4-1)25(18-11-5-2-6-12-18)21-14-8-7-13-19(21)20-15-16-22-24-23-20/h1-16H. The molecule has 1 aromatic heterocycles. The molecule has 4 heteroatoms. The van der Waals surface area contributed by atoms with Crippen LogP contribution in [0.3, 0.4) is 0 Å². The van der Waals surface area contributed by atoms with E-state index in [9.17, 15) is 0 Å². The predicted octanol–water partition coefficient (Wildman–Crippen LogP) is 5.01. The summed E-state index contributed by atoms with van der Waals surface area (Å²) in [5.74, 6) is 0. The summed E-state index contributed by atoms with van der Waals surface area (Å²) in [4.78, 5) is 2.22. The number of aromatic nitrogens is 3. The van der Waals surface area contributed by atoms with E-state index in [1.807, 2.05) is 54.6 Å². The summed E-state index contributed by atoms with van der Waals surface area (Å²) < 4.78 is 0. The number of para-hydroxylation sites is 3. The average molecular weight is 324 g/mol. The minimum atomic E-state index is 0.794. The fraction of sp³-hybridized carbons (Fsp3) is 0. The summed E-state index contributed by atoms with van der Waals surface area (Å²) in [6.45, 7) is 0. The summed E-state index contributed by atoms with van der Waals surface area (Å²) in [7, 11) is 0. The van der Waals surface area contributed by atoms with Crippen LogP contribution in [-0.4, -0.2) is 15.4 Å². The molecular weight excluding hydrogens is 308 g/mol. The molecule has 25 heavy (non-hydrogen) atoms. The zero-order valence-corrected chi connectivity index (χ0v) is 13.5. The normalized spacial score (nSPS) is 10.4. The Kier molecular flexibility index (Phi) is 4.16. The van der Waals surface area contributed by atoms with Crippen LogP contribution in [0.15, 0.2) is 97.2 Å². The Morgan fingerprint density at radius 2 is 1.20 bits per heavy atom. The van der Waals surface area contributed by atoms with Gasteiger partial charge in [-0.2, -0.15) is 0 Å². The molecule has 0 bridgehead atoms. The molecule has 1 heterocycles. The summed E-state index contributed by atoms with van der Waals surface area (Å²) in [5, 5.41) is 11.8. The number of nitrogens with zero attached hydrogens (tertiary/aromatic N) is 4. The fourth-order valence-electron chi connectivity index (χ4n) is 2.85. The lowest BCUT2D eigenvalue weighted by atomic mass is 10.1. The van der Waals surface area contributed by atoms with Crippen molar-refractivity contribution in [3.05, 3.63) is 97.2 Å². The third-order valence-corrected chi connectivity index (χ3v) is 3.95. The molecular formula is C21H16N4. The van der Waals surface area contributed by atoms with Gasteiger partial charge in [0, 0.05) is 16.9 Å². The molecule has 0 atom stereocenters. The van der Waals surface area contributed by atoms with Gasteiger partial charge in [0.25, 0.3) is 0 Å². The Morgan fingerprint density at radius 3 is 1.80 bits per heavy atom. The Bertz CT molecular complexity index is 901. The molecule has 0 unspecified atom stereocenters. The molecule has 3 aromatic carbocycles. The van der Waals surface area contributed by atoms with Crippen LogP contribution in [-0.2, 0) is 0 Å². The van der Waals surface area contributed by atoms with Gasteiger partial charge in [-0.25, -0.2) is 0 Å². The number of rotatable bonds is 4. The first kappa shape index (κ1) is 15.0. The highest BCUT2D eigenvalue weighted by Gasteiger charge is 2.16. The molecule has 0 aliphatic heterocycles. The Labute approximate surface area is 146 Å². The minimum Gasteiger partial charge on any atom is -0.310 e. The van der Waals surface area contributed by atoms with E-state index in [0.29, 0.717) is 0 Å². The highest BCUT2D eigenvalue weighted by Crippen LogP contribution is 2.39. The highest BCUT2D eigenvalue weighted by atomic mass is 15.3. The lowest BCUT2D eigenvalue weighted by Crippen LogP contribution is -2.11. The van der Waals surface area contributed by atoms with Gasteiger partial charge >= 0.3 is 0 Å². The van der Waals surface area contributed by atoms with E-state index in [4.69, 9.17) is 0 Å². The van der Waals surface area contributed by atoms with E-state index in [2.05, 4.69) is 56.7 Å². The van der Waals surface area contributed by atoms with Gasteiger partial charge in [-0.3, -0.25) is 0 Å². The Morgan fingerprint density at radius 1 is 0.600 bits per heavy atom. The lowest BCUT2D eigenvalue weighted by Gasteiger charge is -2.27. The van der Waals surface area contributed by atoms with Gasteiger partial charge < -0.3 is 4.90 Å². The molecule has 0 spiro atoms. The fourth-order valence-corrected chi connectivity index (χ4v) is 2.85. The van der Waals surface area contributed by atoms with Crippen molar-refractivity contribution in [1.82, 2.24) is 15.4 Å². The Balaban J connectivity index is 1.93. The van der Waals surface area contributed by atoms with Crippen molar-refractivity contribution < 1.29 is 0 Å². The maximum absolute atomic E-state index is 4.19. The second-order valence-electron chi connectivity index (χ2n) is 5.53. The van der Waals surface area contributed by atoms with Crippen molar-refractivity contribution >= 4 is 17.1 Å². The summed E-state index contributed by atoms with van der Waals surface area (Å²) >= 11 is 0. The van der Waals surface area contributed by atoms with Gasteiger partial charge in [0.05, 0.1) is 17.6 Å². The molecule has 0 radical (unpaired) electrons. The van der Waals surface area contributed by atoms with E-state index in [1.54, 1.807) is 6.20 Å². The molecule has 120 valence electrons. The first-order valence-electron chi connectivity index (χ1n) is 8.07. The van der Waals surface area contributed by atoms with Gasteiger partial charge in [0.15, 0.2) is 0 Å². The van der Waals surface area contributed by atoms with Gasteiger partial charge in [-0.15, -0.1) is 10.2 Å². The summed E-state index contributed by atoms with van der Waals surface area (Å²) in [6, 6.07) is 30.7. The lowest BCUT2D eigenvalue weighted by molar-refractivity contribution is 0.870. The molecule has 0 N–H and O–H groups in total. The van der Waals surface area contributed by atoms with Crippen molar-refractivity contribution in [2.45, 2.75) is 0 Å². The maximum Gasteiger partial charge on any atom is 0.0984 e. The minimum absolute atomic E-state index is 0.794. The van der Waals surface area contributed by atoms with Crippen molar-refractivity contribution in [2.75, 3.05) is 4.90 Å². The van der Waals surface area contributed by atoms with Crippen LogP contribution in [0.1, 0.15) is 0 Å². The van der Waals surface area contributed by atoms with Crippen molar-refractivity contribution in [1.29, 1.82) is 0 Å². The number of benzene rings is 3. The Hall–Kier alpha value is -3.53. The van der Waals surface area contributed by atoms with Crippen LogP contribution >= 0.6 is 0 Å². The smallest absolute Gasteiger partial charge is 0.0984 e. The molecule has 0 amide bonds. The van der Waals surface area contributed by atoms with E-state index in [1.165, 1.54) is 0 Å². The highest BCUT2D eigenvalue weighted by molar-refractivity contribution is 5.86. The van der Waals surface area contributed by atoms with Gasteiger partial charge in [0.1, 0.15) is 0 Å². The first-order valence-corrected chi connectivity index (χ1v) is 8.07. The number of hydrogen-bond donors (Lipinski definition) is 0. The molecule has 0 fully saturated rings. The van der Waals surface area contributed by atoms with Crippen LogP contribution in [0.5, 0.6) is 0 Å². The summed E-state index contributed by atoms with van der Waals surface area (Å²) in [6.07, 6.45) is 1.66. The van der Waals surface area contributed by atoms with Crippen LogP contribution in [0.4, 0.5) is 17.1 Å². The molecule has 0 saturated carbocycles. The maximum atomic E-state index is 4.19. The number of anilines is 3. The zero-order valence-electron chi connectivity index (χ0n) is 13.5. The second-order valence-corrected chi connectivity index (χ2v) is 5.53. The third kappa shape index (κ3) is 3.10. The van der Waals surface area contributed by atoms with Gasteiger partial charge in [-0.1, -0.05) is 54.6 Å². The monoisotopic (exact) mass is 324 g/mol. The summed E-state index contributed by atoms with van der Waals surface area (Å²) in [5.41, 5.74) is 5.01. The van der Waals surface area contributed by atoms with Crippen molar-refractivity contribution in [3.8, 4) is 11.3 Å². The molecule has 4 aromatic rings. The molecule has 4 nitrogen and oxygen atoms in total. The number of hydrogen-bond acceptors (Lipinski definition) is 4. The average Bonchev–Trinajstić information content (AvgIpc) is 2.71. The molecule has 4 rings (SSSR count). The van der Waals surface area contributed by atoms with E-state index in [0.717, 1.165) is 28.3 Å². The quantitative estimate of drug-likeness (QED) is 0.529. The SMILES string of the molecule is c1ccc(N(c2ccccc2)c2ccccc2-c2ccnnn2)cc1. The van der Waals surface area contributed by atoms with E-state index in [-0.39, 0.29) is 0 Å². The molecule has 0 aliphatic carbocycles. The third-order valence-electron chi connectivity index (χ3n) is 3.95. The zero-order chi connectivity index (χ0) is 16.9. The molecule has 0 aliphatic rings. The van der Waals surface area contributed by atoms with E-state index < -0.39 is 0 Å². The predicted molar refractivity (Wildman–Crippen MR) is 99.9 cm³/mol. The van der Waals surface area contributed by atoms with Crippen molar-refractivity contribution in [2.24, 2.45) is 0 Å². The first-order chi connectivity index (χ1) is 12.4. The van der Waals surface area contributed by atoms with Gasteiger partial charge in [-0.05, 0) is 41.6 Å². The van der Waals surface area contributed by atoms with Gasteiger partial charge in [0.2, 0.25) is 0 Å². The molecule has 0 saturated heterocycles.